The molecule has 0 fully saturated rings. The molecule has 3 N–H and O–H groups in total. The van der Waals surface area contributed by atoms with Crippen molar-refractivity contribution in [1.29, 1.82) is 0 Å². The lowest BCUT2D eigenvalue weighted by Crippen LogP contribution is -2.32. The van der Waals surface area contributed by atoms with Gasteiger partial charge in [-0.3, -0.25) is 4.79 Å². The number of unbranched alkanes of at least 4 members (excludes halogenated alkanes) is 2. The number of nitrogens with one attached hydrogen (secondary N) is 1. The lowest BCUT2D eigenvalue weighted by Gasteiger charge is -2.17. The van der Waals surface area contributed by atoms with Gasteiger partial charge in [0.2, 0.25) is 0 Å². The van der Waals surface area contributed by atoms with Crippen molar-refractivity contribution < 1.29 is 4.79 Å². The first-order valence-electron chi connectivity index (χ1n) is 7.33. The molecule has 1 atom stereocenters. The number of nitrogens with two attached hydrogens (primary N) is 1. The highest BCUT2D eigenvalue weighted by Gasteiger charge is 2.11. The Bertz CT molecular complexity index is 443. The van der Waals surface area contributed by atoms with Crippen LogP contribution in [0.4, 0.5) is 11.4 Å². The van der Waals surface area contributed by atoms with Gasteiger partial charge in [-0.05, 0) is 31.5 Å². The predicted octanol–water partition coefficient (Wildman–Crippen LogP) is 3.03. The Morgan fingerprint density at radius 1 is 1.35 bits per heavy atom. The van der Waals surface area contributed by atoms with Crippen molar-refractivity contribution in [2.24, 2.45) is 0 Å². The van der Waals surface area contributed by atoms with Crippen LogP contribution in [0.1, 0.15) is 49.9 Å². The van der Waals surface area contributed by atoms with Gasteiger partial charge in [0.1, 0.15) is 0 Å². The number of benzene rings is 1. The highest BCUT2D eigenvalue weighted by Crippen LogP contribution is 2.22. The fourth-order valence-electron chi connectivity index (χ4n) is 2.18. The molecule has 4 nitrogen and oxygen atoms in total. The molecule has 0 spiro atoms. The van der Waals surface area contributed by atoms with Crippen LogP contribution in [0.2, 0.25) is 0 Å². The molecule has 1 amide bonds. The standard InChI is InChI=1S/C16H27N3O/c1-5-6-7-8-12(2)18-16(20)13-9-10-15(19(3)4)14(17)11-13/h9-12H,5-8,17H2,1-4H3,(H,18,20). The van der Waals surface area contributed by atoms with E-state index >= 15 is 0 Å². The second-order valence-corrected chi connectivity index (χ2v) is 5.54. The average molecular weight is 277 g/mol. The zero-order chi connectivity index (χ0) is 15.1. The Morgan fingerprint density at radius 2 is 2.05 bits per heavy atom. The number of hydrogen-bond donors (Lipinski definition) is 2. The topological polar surface area (TPSA) is 58.4 Å². The third-order valence-electron chi connectivity index (χ3n) is 3.39. The Kier molecular flexibility index (Phi) is 6.36. The van der Waals surface area contributed by atoms with Gasteiger partial charge in [-0.25, -0.2) is 0 Å². The van der Waals surface area contributed by atoms with E-state index in [1.165, 1.54) is 12.8 Å². The van der Waals surface area contributed by atoms with Crippen LogP contribution < -0.4 is 16.0 Å². The van der Waals surface area contributed by atoms with Gasteiger partial charge in [-0.1, -0.05) is 26.2 Å². The molecule has 0 radical (unpaired) electrons. The molecule has 20 heavy (non-hydrogen) atoms. The van der Waals surface area contributed by atoms with E-state index in [0.717, 1.165) is 18.5 Å². The molecule has 0 bridgehead atoms. The monoisotopic (exact) mass is 277 g/mol. The number of nitrogens with zero attached hydrogens (tertiary/aromatic N) is 1. The van der Waals surface area contributed by atoms with Gasteiger partial charge in [0.15, 0.2) is 0 Å². The van der Waals surface area contributed by atoms with Crippen LogP contribution in [-0.4, -0.2) is 26.0 Å². The van der Waals surface area contributed by atoms with Crippen molar-refractivity contribution >= 4 is 17.3 Å². The van der Waals surface area contributed by atoms with Crippen LogP contribution in [-0.2, 0) is 0 Å². The molecule has 0 saturated heterocycles. The molecule has 0 aliphatic carbocycles. The molecule has 0 aliphatic rings. The molecular weight excluding hydrogens is 250 g/mol. The summed E-state index contributed by atoms with van der Waals surface area (Å²) in [5.41, 5.74) is 8.14. The smallest absolute Gasteiger partial charge is 0.251 e. The second-order valence-electron chi connectivity index (χ2n) is 5.54. The molecule has 1 unspecified atom stereocenters. The first-order valence-corrected chi connectivity index (χ1v) is 7.33. The molecule has 0 heterocycles. The minimum atomic E-state index is -0.0500. The lowest BCUT2D eigenvalue weighted by molar-refractivity contribution is 0.0938. The number of amides is 1. The fourth-order valence-corrected chi connectivity index (χ4v) is 2.18. The van der Waals surface area contributed by atoms with Gasteiger partial charge in [0.05, 0.1) is 11.4 Å². The molecule has 0 aromatic heterocycles. The first-order chi connectivity index (χ1) is 9.45. The van der Waals surface area contributed by atoms with Gasteiger partial charge in [0.25, 0.3) is 5.91 Å². The zero-order valence-corrected chi connectivity index (χ0v) is 13.1. The number of carbonyl (C=O) groups excluding carboxylic acids is 1. The maximum absolute atomic E-state index is 12.1. The highest BCUT2D eigenvalue weighted by molar-refractivity contribution is 5.96. The maximum Gasteiger partial charge on any atom is 0.251 e. The fraction of sp³-hybridized carbons (Fsp3) is 0.562. The van der Waals surface area contributed by atoms with Gasteiger partial charge < -0.3 is 16.0 Å². The van der Waals surface area contributed by atoms with E-state index in [4.69, 9.17) is 5.73 Å². The summed E-state index contributed by atoms with van der Waals surface area (Å²) >= 11 is 0. The van der Waals surface area contributed by atoms with E-state index in [1.807, 2.05) is 38.1 Å². The Labute approximate surface area is 122 Å². The Hall–Kier alpha value is -1.71. The van der Waals surface area contributed by atoms with Crippen molar-refractivity contribution in [3.05, 3.63) is 23.8 Å². The highest BCUT2D eigenvalue weighted by atomic mass is 16.1. The minimum absolute atomic E-state index is 0.0500. The molecule has 112 valence electrons. The van der Waals surface area contributed by atoms with Crippen LogP contribution in [0, 0.1) is 0 Å². The SMILES string of the molecule is CCCCCC(C)NC(=O)c1ccc(N(C)C)c(N)c1. The summed E-state index contributed by atoms with van der Waals surface area (Å²) in [6.07, 6.45) is 4.58. The molecule has 0 saturated carbocycles. The summed E-state index contributed by atoms with van der Waals surface area (Å²) in [5.74, 6) is -0.0500. The third-order valence-corrected chi connectivity index (χ3v) is 3.39. The van der Waals surface area contributed by atoms with Gasteiger partial charge >= 0.3 is 0 Å². The normalized spacial score (nSPS) is 12.0. The van der Waals surface area contributed by atoms with Crippen molar-refractivity contribution in [3.8, 4) is 0 Å². The Morgan fingerprint density at radius 3 is 2.60 bits per heavy atom. The van der Waals surface area contributed by atoms with Gasteiger partial charge in [0, 0.05) is 25.7 Å². The summed E-state index contributed by atoms with van der Waals surface area (Å²) in [7, 11) is 3.86. The molecular formula is C16H27N3O. The van der Waals surface area contributed by atoms with Crippen molar-refractivity contribution in [1.82, 2.24) is 5.32 Å². The number of hydrogen-bond acceptors (Lipinski definition) is 3. The van der Waals surface area contributed by atoms with Gasteiger partial charge in [-0.15, -0.1) is 0 Å². The van der Waals surface area contributed by atoms with E-state index in [1.54, 1.807) is 6.07 Å². The van der Waals surface area contributed by atoms with E-state index < -0.39 is 0 Å². The summed E-state index contributed by atoms with van der Waals surface area (Å²) in [5, 5.41) is 3.02. The molecule has 1 rings (SSSR count). The summed E-state index contributed by atoms with van der Waals surface area (Å²) in [6, 6.07) is 5.64. The molecule has 1 aromatic rings. The van der Waals surface area contributed by atoms with Crippen LogP contribution in [0.15, 0.2) is 18.2 Å². The number of rotatable bonds is 7. The van der Waals surface area contributed by atoms with Crippen LogP contribution in [0.25, 0.3) is 0 Å². The molecule has 1 aromatic carbocycles. The maximum atomic E-state index is 12.1. The largest absolute Gasteiger partial charge is 0.397 e. The van der Waals surface area contributed by atoms with Crippen molar-refractivity contribution in [2.45, 2.75) is 45.6 Å². The first kappa shape index (κ1) is 16.3. The van der Waals surface area contributed by atoms with E-state index in [0.29, 0.717) is 11.3 Å². The quantitative estimate of drug-likeness (QED) is 0.595. The van der Waals surface area contributed by atoms with Crippen LogP contribution >= 0.6 is 0 Å². The van der Waals surface area contributed by atoms with Crippen molar-refractivity contribution in [3.63, 3.8) is 0 Å². The lowest BCUT2D eigenvalue weighted by atomic mass is 10.1. The minimum Gasteiger partial charge on any atom is -0.397 e. The predicted molar refractivity (Wildman–Crippen MR) is 86.3 cm³/mol. The summed E-state index contributed by atoms with van der Waals surface area (Å²) in [6.45, 7) is 4.23. The molecule has 0 aliphatic heterocycles. The second kappa shape index (κ2) is 7.78. The Balaban J connectivity index is 2.61. The summed E-state index contributed by atoms with van der Waals surface area (Å²) < 4.78 is 0. The van der Waals surface area contributed by atoms with Crippen LogP contribution in [0.5, 0.6) is 0 Å². The van der Waals surface area contributed by atoms with Crippen molar-refractivity contribution in [2.75, 3.05) is 24.7 Å². The third kappa shape index (κ3) is 4.76. The number of anilines is 2. The van der Waals surface area contributed by atoms with E-state index in [2.05, 4.69) is 12.2 Å². The summed E-state index contributed by atoms with van der Waals surface area (Å²) in [4.78, 5) is 14.1. The van der Waals surface area contributed by atoms with E-state index in [9.17, 15) is 4.79 Å². The average Bonchev–Trinajstić information content (AvgIpc) is 2.38. The zero-order valence-electron chi connectivity index (χ0n) is 13.1. The number of nitrogen functional groups attached to an aromatic ring is 1. The van der Waals surface area contributed by atoms with Gasteiger partial charge in [-0.2, -0.15) is 0 Å². The molecule has 4 heteroatoms. The number of carbonyl (C=O) groups is 1. The van der Waals surface area contributed by atoms with Crippen LogP contribution in [0.3, 0.4) is 0 Å². The van der Waals surface area contributed by atoms with E-state index in [-0.39, 0.29) is 11.9 Å².